The van der Waals surface area contributed by atoms with E-state index < -0.39 is 0 Å². The third-order valence-corrected chi connectivity index (χ3v) is 4.70. The molecule has 118 valence electrons. The fraction of sp³-hybridized carbons (Fsp3) is 0.450. The maximum atomic E-state index is 5.47. The molecule has 0 heterocycles. The molecule has 1 aliphatic rings. The summed E-state index contributed by atoms with van der Waals surface area (Å²) in [6.07, 6.45) is 9.17. The second-order valence-electron chi connectivity index (χ2n) is 6.82. The predicted molar refractivity (Wildman–Crippen MR) is 96.8 cm³/mol. The van der Waals surface area contributed by atoms with Crippen LogP contribution < -0.4 is 5.84 Å². The largest absolute Gasteiger partial charge is 0.323 e. The molecule has 0 atom stereocenters. The lowest BCUT2D eigenvalue weighted by Gasteiger charge is -2.32. The van der Waals surface area contributed by atoms with Crippen LogP contribution in [0.15, 0.2) is 46.6 Å². The van der Waals surface area contributed by atoms with E-state index in [-0.39, 0.29) is 5.41 Å². The van der Waals surface area contributed by atoms with E-state index in [1.54, 1.807) is 0 Å². The van der Waals surface area contributed by atoms with Gasteiger partial charge in [-0.2, -0.15) is 5.10 Å². The maximum absolute atomic E-state index is 5.47. The van der Waals surface area contributed by atoms with Gasteiger partial charge in [-0.05, 0) is 60.8 Å². The highest BCUT2D eigenvalue weighted by Crippen LogP contribution is 2.40. The standard InChI is InChI=1S/C20H28N2/c1-5-19(22-21)17-10-6-9-16(14-17)11-12-18-15(2)8-7-13-20(18,3)4/h6,9-12,14H,5,7-8,13,21H2,1-4H3/b12-11+,22-19-. The fourth-order valence-corrected chi connectivity index (χ4v) is 3.38. The van der Waals surface area contributed by atoms with Crippen molar-refractivity contribution in [3.63, 3.8) is 0 Å². The highest BCUT2D eigenvalue weighted by atomic mass is 15.1. The number of rotatable bonds is 4. The third-order valence-electron chi connectivity index (χ3n) is 4.70. The third kappa shape index (κ3) is 3.68. The second-order valence-corrected chi connectivity index (χ2v) is 6.82. The Balaban J connectivity index is 2.29. The zero-order valence-electron chi connectivity index (χ0n) is 14.3. The molecule has 0 amide bonds. The highest BCUT2D eigenvalue weighted by Gasteiger charge is 2.26. The van der Waals surface area contributed by atoms with Crippen molar-refractivity contribution in [3.05, 3.63) is 52.6 Å². The van der Waals surface area contributed by atoms with E-state index >= 15 is 0 Å². The van der Waals surface area contributed by atoms with Gasteiger partial charge in [-0.3, -0.25) is 0 Å². The summed E-state index contributed by atoms with van der Waals surface area (Å²) in [4.78, 5) is 0. The first-order valence-corrected chi connectivity index (χ1v) is 8.23. The molecule has 1 aromatic rings. The average Bonchev–Trinajstić information content (AvgIpc) is 2.48. The van der Waals surface area contributed by atoms with E-state index in [0.717, 1.165) is 17.7 Å². The summed E-state index contributed by atoms with van der Waals surface area (Å²) in [6, 6.07) is 8.44. The summed E-state index contributed by atoms with van der Waals surface area (Å²) < 4.78 is 0. The summed E-state index contributed by atoms with van der Waals surface area (Å²) in [5.41, 5.74) is 6.57. The molecular weight excluding hydrogens is 268 g/mol. The van der Waals surface area contributed by atoms with E-state index in [1.807, 2.05) is 0 Å². The molecule has 1 aliphatic carbocycles. The number of hydrazone groups is 1. The van der Waals surface area contributed by atoms with E-state index in [4.69, 9.17) is 5.84 Å². The summed E-state index contributed by atoms with van der Waals surface area (Å²) >= 11 is 0. The number of allylic oxidation sites excluding steroid dienone is 3. The average molecular weight is 296 g/mol. The Bertz CT molecular complexity index is 618. The summed E-state index contributed by atoms with van der Waals surface area (Å²) in [7, 11) is 0. The van der Waals surface area contributed by atoms with E-state index in [1.165, 1.54) is 36.0 Å². The molecule has 0 unspecified atom stereocenters. The SMILES string of the molecule is CC/C(=N/N)c1cccc(/C=C/C2=C(C)CCCC2(C)C)c1. The van der Waals surface area contributed by atoms with Crippen LogP contribution in [-0.2, 0) is 0 Å². The molecule has 0 aliphatic heterocycles. The molecule has 0 saturated carbocycles. The minimum atomic E-state index is 0.281. The Labute approximate surface area is 134 Å². The van der Waals surface area contributed by atoms with Crippen molar-refractivity contribution in [1.82, 2.24) is 0 Å². The molecule has 2 nitrogen and oxygen atoms in total. The summed E-state index contributed by atoms with van der Waals surface area (Å²) in [5, 5.41) is 3.89. The van der Waals surface area contributed by atoms with Crippen LogP contribution in [0.3, 0.4) is 0 Å². The Kier molecular flexibility index (Phi) is 5.23. The van der Waals surface area contributed by atoms with Crippen molar-refractivity contribution in [2.75, 3.05) is 0 Å². The fourth-order valence-electron chi connectivity index (χ4n) is 3.38. The van der Waals surface area contributed by atoms with Crippen LogP contribution in [0.4, 0.5) is 0 Å². The topological polar surface area (TPSA) is 38.4 Å². The summed E-state index contributed by atoms with van der Waals surface area (Å²) in [5.74, 6) is 5.47. The van der Waals surface area contributed by atoms with Crippen molar-refractivity contribution in [2.45, 2.75) is 53.4 Å². The molecule has 22 heavy (non-hydrogen) atoms. The van der Waals surface area contributed by atoms with Crippen molar-refractivity contribution in [3.8, 4) is 0 Å². The molecule has 0 aromatic heterocycles. The minimum absolute atomic E-state index is 0.281. The van der Waals surface area contributed by atoms with Gasteiger partial charge in [-0.25, -0.2) is 0 Å². The number of hydrogen-bond acceptors (Lipinski definition) is 2. The summed E-state index contributed by atoms with van der Waals surface area (Å²) in [6.45, 7) is 9.05. The molecule has 0 spiro atoms. The molecule has 2 rings (SSSR count). The van der Waals surface area contributed by atoms with Gasteiger partial charge in [0.1, 0.15) is 0 Å². The van der Waals surface area contributed by atoms with Crippen LogP contribution in [-0.4, -0.2) is 5.71 Å². The van der Waals surface area contributed by atoms with Gasteiger partial charge in [0.15, 0.2) is 0 Å². The Morgan fingerprint density at radius 2 is 2.09 bits per heavy atom. The van der Waals surface area contributed by atoms with E-state index in [2.05, 4.69) is 69.2 Å². The molecule has 2 N–H and O–H groups in total. The van der Waals surface area contributed by atoms with Crippen LogP contribution in [0.2, 0.25) is 0 Å². The zero-order chi connectivity index (χ0) is 16.2. The van der Waals surface area contributed by atoms with Crippen molar-refractivity contribution < 1.29 is 0 Å². The molecule has 0 bridgehead atoms. The lowest BCUT2D eigenvalue weighted by Crippen LogP contribution is -2.18. The number of hydrogen-bond donors (Lipinski definition) is 1. The first kappa shape index (κ1) is 16.5. The normalized spacial score (nSPS) is 19.0. The van der Waals surface area contributed by atoms with Crippen molar-refractivity contribution in [2.24, 2.45) is 16.4 Å². The number of nitrogens with zero attached hydrogens (tertiary/aromatic N) is 1. The molecular formula is C20H28N2. The molecule has 0 saturated heterocycles. The van der Waals surface area contributed by atoms with Gasteiger partial charge in [0.2, 0.25) is 0 Å². The Hall–Kier alpha value is -1.83. The van der Waals surface area contributed by atoms with Gasteiger partial charge in [0, 0.05) is 0 Å². The zero-order valence-corrected chi connectivity index (χ0v) is 14.3. The minimum Gasteiger partial charge on any atom is -0.323 e. The van der Waals surface area contributed by atoms with Gasteiger partial charge < -0.3 is 5.84 Å². The molecule has 0 fully saturated rings. The van der Waals surface area contributed by atoms with E-state index in [0.29, 0.717) is 0 Å². The van der Waals surface area contributed by atoms with Crippen LogP contribution in [0.5, 0.6) is 0 Å². The van der Waals surface area contributed by atoms with Gasteiger partial charge in [0.25, 0.3) is 0 Å². The molecule has 1 aromatic carbocycles. The van der Waals surface area contributed by atoms with Crippen LogP contribution >= 0.6 is 0 Å². The first-order chi connectivity index (χ1) is 10.5. The van der Waals surface area contributed by atoms with Crippen LogP contribution in [0.1, 0.15) is 64.5 Å². The quantitative estimate of drug-likeness (QED) is 0.457. The molecule has 0 radical (unpaired) electrons. The van der Waals surface area contributed by atoms with Gasteiger partial charge in [0.05, 0.1) is 5.71 Å². The first-order valence-electron chi connectivity index (χ1n) is 8.23. The van der Waals surface area contributed by atoms with Gasteiger partial charge >= 0.3 is 0 Å². The predicted octanol–water partition coefficient (Wildman–Crippen LogP) is 5.30. The van der Waals surface area contributed by atoms with Crippen LogP contribution in [0.25, 0.3) is 6.08 Å². The van der Waals surface area contributed by atoms with Crippen molar-refractivity contribution in [1.29, 1.82) is 0 Å². The Morgan fingerprint density at radius 1 is 1.32 bits per heavy atom. The maximum Gasteiger partial charge on any atom is 0.0670 e. The monoisotopic (exact) mass is 296 g/mol. The van der Waals surface area contributed by atoms with Gasteiger partial charge in [-0.1, -0.05) is 56.7 Å². The molecule has 2 heteroatoms. The van der Waals surface area contributed by atoms with Crippen LogP contribution in [0, 0.1) is 5.41 Å². The van der Waals surface area contributed by atoms with Crippen molar-refractivity contribution >= 4 is 11.8 Å². The van der Waals surface area contributed by atoms with E-state index in [9.17, 15) is 0 Å². The highest BCUT2D eigenvalue weighted by molar-refractivity contribution is 6.00. The Morgan fingerprint density at radius 3 is 2.73 bits per heavy atom. The van der Waals surface area contributed by atoms with Gasteiger partial charge in [-0.15, -0.1) is 0 Å². The smallest absolute Gasteiger partial charge is 0.0670 e. The number of benzene rings is 1. The lowest BCUT2D eigenvalue weighted by atomic mass is 9.72. The second kappa shape index (κ2) is 6.95. The number of nitrogens with two attached hydrogens (primary N) is 1. The lowest BCUT2D eigenvalue weighted by molar-refractivity contribution is 0.377.